The van der Waals surface area contributed by atoms with E-state index in [0.29, 0.717) is 0 Å². The fourth-order valence-corrected chi connectivity index (χ4v) is 5.64. The average molecular weight is 313 g/mol. The minimum atomic E-state index is 0.896. The molecule has 3 heterocycles. The molecule has 1 N–H and O–H groups in total. The average Bonchev–Trinajstić information content (AvgIpc) is 2.60. The zero-order chi connectivity index (χ0) is 14.8. The van der Waals surface area contributed by atoms with Gasteiger partial charge in [0.2, 0.25) is 0 Å². The van der Waals surface area contributed by atoms with E-state index in [2.05, 4.69) is 29.2 Å². The number of para-hydroxylation sites is 1. The third-order valence-electron chi connectivity index (χ3n) is 5.48. The van der Waals surface area contributed by atoms with Gasteiger partial charge in [0.05, 0.1) is 24.6 Å². The lowest BCUT2D eigenvalue weighted by Gasteiger charge is -2.41. The number of rotatable bonds is 3. The van der Waals surface area contributed by atoms with Crippen LogP contribution >= 0.6 is 11.8 Å². The number of hydrogen-bond donors (Lipinski definition) is 1. The standard InChI is InChI=1S/C19H24N2S/c1-2-12-21-13-5-8-16(17(21)9-1)14-22-18-10-3-6-15-7-4-11-20-19(15)18/h3-4,6-7,10-11,16-17H,1-2,5,8-9,12-14H2/p+1/t16-,17+/m0/s1. The normalized spacial score (nSPS) is 28.5. The number of fused-ring (bicyclic) bond motifs is 2. The molecule has 0 bridgehead atoms. The van der Waals surface area contributed by atoms with E-state index >= 15 is 0 Å². The summed E-state index contributed by atoms with van der Waals surface area (Å²) in [6.45, 7) is 2.84. The molecule has 2 fully saturated rings. The topological polar surface area (TPSA) is 17.3 Å². The van der Waals surface area contributed by atoms with Gasteiger partial charge in [0.1, 0.15) is 0 Å². The van der Waals surface area contributed by atoms with Crippen molar-refractivity contribution in [3.05, 3.63) is 36.5 Å². The summed E-state index contributed by atoms with van der Waals surface area (Å²) in [7, 11) is 0. The number of thioether (sulfide) groups is 1. The van der Waals surface area contributed by atoms with Crippen LogP contribution in [0.15, 0.2) is 41.4 Å². The minimum absolute atomic E-state index is 0.896. The van der Waals surface area contributed by atoms with E-state index in [0.717, 1.165) is 12.0 Å². The van der Waals surface area contributed by atoms with Crippen LogP contribution in [0.3, 0.4) is 0 Å². The number of benzene rings is 1. The first-order valence-electron chi connectivity index (χ1n) is 8.73. The van der Waals surface area contributed by atoms with Crippen LogP contribution in [0.2, 0.25) is 0 Å². The molecule has 0 spiro atoms. The molecule has 2 aliphatic heterocycles. The molecule has 1 aromatic heterocycles. The Morgan fingerprint density at radius 2 is 1.95 bits per heavy atom. The molecule has 4 rings (SSSR count). The van der Waals surface area contributed by atoms with Gasteiger partial charge in [-0.2, -0.15) is 0 Å². The summed E-state index contributed by atoms with van der Waals surface area (Å²) in [5, 5.41) is 1.26. The maximum atomic E-state index is 4.60. The summed E-state index contributed by atoms with van der Waals surface area (Å²) in [5.41, 5.74) is 1.18. The summed E-state index contributed by atoms with van der Waals surface area (Å²) in [6, 6.07) is 11.7. The van der Waals surface area contributed by atoms with Gasteiger partial charge in [0.25, 0.3) is 0 Å². The van der Waals surface area contributed by atoms with Crippen molar-refractivity contribution in [2.24, 2.45) is 5.92 Å². The molecule has 1 unspecified atom stereocenters. The lowest BCUT2D eigenvalue weighted by Crippen LogP contribution is -3.18. The SMILES string of the molecule is c1cnc2c(SC[C@@H]3CCC[NH+]4CCCC[C@H]34)cccc2c1. The molecule has 0 amide bonds. The molecule has 3 atom stereocenters. The molecular formula is C19H25N2S+. The quantitative estimate of drug-likeness (QED) is 0.877. The van der Waals surface area contributed by atoms with Crippen LogP contribution in [0, 0.1) is 5.92 Å². The van der Waals surface area contributed by atoms with Gasteiger partial charge in [-0.1, -0.05) is 18.2 Å². The Morgan fingerprint density at radius 1 is 1.05 bits per heavy atom. The van der Waals surface area contributed by atoms with Crippen molar-refractivity contribution in [2.45, 2.75) is 43.0 Å². The van der Waals surface area contributed by atoms with Crippen LogP contribution in [0.1, 0.15) is 32.1 Å². The summed E-state index contributed by atoms with van der Waals surface area (Å²) in [4.78, 5) is 7.86. The third-order valence-corrected chi connectivity index (χ3v) is 6.71. The maximum absolute atomic E-state index is 4.60. The van der Waals surface area contributed by atoms with E-state index in [1.165, 1.54) is 66.7 Å². The van der Waals surface area contributed by atoms with Crippen LogP contribution in [0.4, 0.5) is 0 Å². The zero-order valence-corrected chi connectivity index (χ0v) is 13.9. The van der Waals surface area contributed by atoms with Crippen LogP contribution in [0.25, 0.3) is 10.9 Å². The Bertz CT molecular complexity index is 635. The molecule has 0 saturated carbocycles. The highest BCUT2D eigenvalue weighted by Crippen LogP contribution is 2.31. The Labute approximate surface area is 137 Å². The first-order chi connectivity index (χ1) is 10.9. The van der Waals surface area contributed by atoms with Crippen molar-refractivity contribution >= 4 is 22.7 Å². The van der Waals surface area contributed by atoms with Crippen molar-refractivity contribution in [1.82, 2.24) is 4.98 Å². The van der Waals surface area contributed by atoms with E-state index < -0.39 is 0 Å². The van der Waals surface area contributed by atoms with Crippen LogP contribution in [0.5, 0.6) is 0 Å². The van der Waals surface area contributed by atoms with E-state index in [4.69, 9.17) is 0 Å². The molecule has 0 radical (unpaired) electrons. The number of nitrogens with one attached hydrogen (secondary N) is 1. The highest BCUT2D eigenvalue weighted by atomic mass is 32.2. The van der Waals surface area contributed by atoms with Gasteiger partial charge >= 0.3 is 0 Å². The van der Waals surface area contributed by atoms with Crippen LogP contribution in [-0.4, -0.2) is 29.9 Å². The Kier molecular flexibility index (Phi) is 4.35. The molecule has 2 saturated heterocycles. The molecular weight excluding hydrogens is 288 g/mol. The summed E-state index contributed by atoms with van der Waals surface area (Å²) < 4.78 is 0. The van der Waals surface area contributed by atoms with Gasteiger partial charge in [-0.3, -0.25) is 4.98 Å². The fraction of sp³-hybridized carbons (Fsp3) is 0.526. The van der Waals surface area contributed by atoms with Gasteiger partial charge in [-0.25, -0.2) is 0 Å². The number of nitrogens with zero attached hydrogens (tertiary/aromatic N) is 1. The first kappa shape index (κ1) is 14.5. The maximum Gasteiger partial charge on any atom is 0.0911 e. The minimum Gasteiger partial charge on any atom is -0.332 e. The first-order valence-corrected chi connectivity index (χ1v) is 9.71. The molecule has 2 aromatic rings. The summed E-state index contributed by atoms with van der Waals surface area (Å²) in [6.07, 6.45) is 9.11. The summed E-state index contributed by atoms with van der Waals surface area (Å²) in [5.74, 6) is 2.16. The smallest absolute Gasteiger partial charge is 0.0911 e. The molecule has 2 aliphatic rings. The van der Waals surface area contributed by atoms with Crippen LogP contribution in [-0.2, 0) is 0 Å². The zero-order valence-electron chi connectivity index (χ0n) is 13.1. The summed E-state index contributed by atoms with van der Waals surface area (Å²) >= 11 is 2.04. The molecule has 22 heavy (non-hydrogen) atoms. The van der Waals surface area contributed by atoms with E-state index in [1.54, 1.807) is 0 Å². The lowest BCUT2D eigenvalue weighted by atomic mass is 9.85. The van der Waals surface area contributed by atoms with Gasteiger partial charge < -0.3 is 4.90 Å². The highest BCUT2D eigenvalue weighted by Gasteiger charge is 2.36. The molecule has 1 aromatic carbocycles. The van der Waals surface area contributed by atoms with Crippen molar-refractivity contribution in [3.8, 4) is 0 Å². The van der Waals surface area contributed by atoms with Crippen LogP contribution < -0.4 is 4.90 Å². The predicted molar refractivity (Wildman–Crippen MR) is 93.5 cm³/mol. The Hall–Kier alpha value is -1.06. The third kappa shape index (κ3) is 2.89. The molecule has 2 nitrogen and oxygen atoms in total. The van der Waals surface area contributed by atoms with E-state index in [-0.39, 0.29) is 0 Å². The second kappa shape index (κ2) is 6.59. The fourth-order valence-electron chi connectivity index (χ4n) is 4.37. The van der Waals surface area contributed by atoms with Crippen molar-refractivity contribution in [2.75, 3.05) is 18.8 Å². The van der Waals surface area contributed by atoms with E-state index in [9.17, 15) is 0 Å². The monoisotopic (exact) mass is 313 g/mol. The predicted octanol–water partition coefficient (Wildman–Crippen LogP) is 3.17. The number of quaternary nitrogens is 1. The van der Waals surface area contributed by atoms with Crippen molar-refractivity contribution in [1.29, 1.82) is 0 Å². The van der Waals surface area contributed by atoms with Crippen molar-refractivity contribution < 1.29 is 4.90 Å². The Balaban J connectivity index is 1.49. The second-order valence-corrected chi connectivity index (χ2v) is 7.87. The number of piperidine rings is 2. The van der Waals surface area contributed by atoms with Gasteiger partial charge in [0.15, 0.2) is 0 Å². The number of aromatic nitrogens is 1. The van der Waals surface area contributed by atoms with Crippen molar-refractivity contribution in [3.63, 3.8) is 0 Å². The van der Waals surface area contributed by atoms with Gasteiger partial charge in [0, 0.05) is 28.1 Å². The highest BCUT2D eigenvalue weighted by molar-refractivity contribution is 7.99. The number of hydrogen-bond acceptors (Lipinski definition) is 2. The molecule has 0 aliphatic carbocycles. The molecule has 116 valence electrons. The lowest BCUT2D eigenvalue weighted by molar-refractivity contribution is -0.939. The van der Waals surface area contributed by atoms with Gasteiger partial charge in [-0.15, -0.1) is 11.8 Å². The second-order valence-electron chi connectivity index (χ2n) is 6.81. The number of pyridine rings is 1. The largest absolute Gasteiger partial charge is 0.332 e. The van der Waals surface area contributed by atoms with Gasteiger partial charge in [-0.05, 0) is 44.2 Å². The Morgan fingerprint density at radius 3 is 2.95 bits per heavy atom. The van der Waals surface area contributed by atoms with E-state index in [1.807, 2.05) is 28.9 Å². The molecule has 3 heteroatoms.